The van der Waals surface area contributed by atoms with Crippen LogP contribution in [0.4, 0.5) is 0 Å². The predicted octanol–water partition coefficient (Wildman–Crippen LogP) is -2.10. The molecule has 0 saturated carbocycles. The molecule has 13 nitrogen and oxygen atoms in total. The van der Waals surface area contributed by atoms with Crippen molar-refractivity contribution in [3.63, 3.8) is 0 Å². The Balaban J connectivity index is 5.49. The van der Waals surface area contributed by atoms with Gasteiger partial charge in [-0.3, -0.25) is 24.0 Å². The van der Waals surface area contributed by atoms with Crippen molar-refractivity contribution in [2.75, 3.05) is 0 Å². The first kappa shape index (κ1) is 28.8. The first-order chi connectivity index (χ1) is 14.7. The molecule has 0 aromatic rings. The van der Waals surface area contributed by atoms with Crippen molar-refractivity contribution in [3.8, 4) is 0 Å². The number of nitrogens with two attached hydrogens (primary N) is 2. The van der Waals surface area contributed by atoms with E-state index in [1.807, 2.05) is 0 Å². The van der Waals surface area contributed by atoms with Crippen molar-refractivity contribution in [2.45, 2.75) is 71.1 Å². The first-order valence-corrected chi connectivity index (χ1v) is 10.1. The number of rotatable bonds is 14. The van der Waals surface area contributed by atoms with Crippen molar-refractivity contribution in [1.29, 1.82) is 0 Å². The number of hydrogen-bond donors (Lipinski definition) is 7. The van der Waals surface area contributed by atoms with E-state index < -0.39 is 84.4 Å². The van der Waals surface area contributed by atoms with E-state index in [1.54, 1.807) is 27.7 Å². The number of hydrogen-bond acceptors (Lipinski definition) is 7. The van der Waals surface area contributed by atoms with Gasteiger partial charge >= 0.3 is 11.9 Å². The lowest BCUT2D eigenvalue weighted by atomic mass is 9.99. The smallest absolute Gasteiger partial charge is 0.326 e. The van der Waals surface area contributed by atoms with Crippen LogP contribution in [0.1, 0.15) is 47.0 Å². The van der Waals surface area contributed by atoms with Gasteiger partial charge in [-0.1, -0.05) is 27.7 Å². The van der Waals surface area contributed by atoms with Gasteiger partial charge in [0.05, 0.1) is 12.5 Å². The Bertz CT molecular complexity index is 725. The summed E-state index contributed by atoms with van der Waals surface area (Å²) < 4.78 is 0. The maximum Gasteiger partial charge on any atom is 0.326 e. The van der Waals surface area contributed by atoms with Crippen molar-refractivity contribution in [3.05, 3.63) is 0 Å². The highest BCUT2D eigenvalue weighted by atomic mass is 16.4. The number of carbonyl (C=O) groups excluding carboxylic acids is 4. The summed E-state index contributed by atoms with van der Waals surface area (Å²) in [5, 5.41) is 25.2. The lowest BCUT2D eigenvalue weighted by Crippen LogP contribution is -2.59. The van der Waals surface area contributed by atoms with E-state index in [4.69, 9.17) is 16.6 Å². The van der Waals surface area contributed by atoms with Crippen molar-refractivity contribution < 1.29 is 39.0 Å². The van der Waals surface area contributed by atoms with Crippen molar-refractivity contribution in [2.24, 2.45) is 23.3 Å². The van der Waals surface area contributed by atoms with Crippen LogP contribution in [0.5, 0.6) is 0 Å². The second-order valence-corrected chi connectivity index (χ2v) is 8.07. The predicted molar refractivity (Wildman–Crippen MR) is 112 cm³/mol. The number of carboxylic acid groups (broad SMARTS) is 2. The Morgan fingerprint density at radius 2 is 1.28 bits per heavy atom. The average Bonchev–Trinajstić information content (AvgIpc) is 2.65. The van der Waals surface area contributed by atoms with Gasteiger partial charge in [-0.15, -0.1) is 0 Å². The average molecular weight is 460 g/mol. The molecule has 4 atom stereocenters. The van der Waals surface area contributed by atoms with Crippen LogP contribution in [0.2, 0.25) is 0 Å². The molecule has 4 unspecified atom stereocenters. The zero-order chi connectivity index (χ0) is 25.2. The SMILES string of the molecule is CC(C)C(NC(=O)C(NC(=O)C(CCC(=O)O)NC(=O)C(N)CC(N)=O)C(C)C)C(=O)O. The molecule has 0 bridgehead atoms. The highest BCUT2D eigenvalue weighted by Gasteiger charge is 2.33. The highest BCUT2D eigenvalue weighted by Crippen LogP contribution is 2.08. The van der Waals surface area contributed by atoms with Crippen LogP contribution in [0.15, 0.2) is 0 Å². The summed E-state index contributed by atoms with van der Waals surface area (Å²) in [5.41, 5.74) is 10.5. The van der Waals surface area contributed by atoms with Crippen molar-refractivity contribution >= 4 is 35.6 Å². The van der Waals surface area contributed by atoms with Crippen LogP contribution in [0.3, 0.4) is 0 Å². The van der Waals surface area contributed by atoms with E-state index in [-0.39, 0.29) is 6.42 Å². The first-order valence-electron chi connectivity index (χ1n) is 10.1. The molecule has 9 N–H and O–H groups in total. The summed E-state index contributed by atoms with van der Waals surface area (Å²) in [5.74, 6) is -6.70. The molecule has 0 radical (unpaired) electrons. The number of carboxylic acids is 2. The lowest BCUT2D eigenvalue weighted by Gasteiger charge is -2.27. The van der Waals surface area contributed by atoms with Gasteiger partial charge in [0.1, 0.15) is 18.1 Å². The maximum absolute atomic E-state index is 12.8. The summed E-state index contributed by atoms with van der Waals surface area (Å²) in [4.78, 5) is 70.8. The van der Waals surface area contributed by atoms with Crippen LogP contribution in [0, 0.1) is 11.8 Å². The van der Waals surface area contributed by atoms with E-state index >= 15 is 0 Å². The molecule has 4 amide bonds. The molecule has 0 spiro atoms. The van der Waals surface area contributed by atoms with Gasteiger partial charge in [0.15, 0.2) is 0 Å². The molecular formula is C19H33N5O8. The Labute approximate surface area is 185 Å². The van der Waals surface area contributed by atoms with Crippen molar-refractivity contribution in [1.82, 2.24) is 16.0 Å². The molecule has 0 aliphatic rings. The Hall–Kier alpha value is -3.22. The van der Waals surface area contributed by atoms with E-state index in [0.29, 0.717) is 0 Å². The third-order valence-electron chi connectivity index (χ3n) is 4.52. The summed E-state index contributed by atoms with van der Waals surface area (Å²) in [7, 11) is 0. The van der Waals surface area contributed by atoms with Crippen LogP contribution in [-0.4, -0.2) is 69.9 Å². The molecule has 0 aromatic carbocycles. The van der Waals surface area contributed by atoms with Crippen LogP contribution < -0.4 is 27.4 Å². The summed E-state index contributed by atoms with van der Waals surface area (Å²) >= 11 is 0. The molecule has 0 aromatic heterocycles. The zero-order valence-corrected chi connectivity index (χ0v) is 18.6. The molecule has 0 heterocycles. The summed E-state index contributed by atoms with van der Waals surface area (Å²) in [6, 6.07) is -5.06. The van der Waals surface area contributed by atoms with E-state index in [1.165, 1.54) is 0 Å². The van der Waals surface area contributed by atoms with Gasteiger partial charge in [0, 0.05) is 6.42 Å². The Morgan fingerprint density at radius 1 is 0.781 bits per heavy atom. The van der Waals surface area contributed by atoms with Crippen LogP contribution in [0.25, 0.3) is 0 Å². The molecule has 0 fully saturated rings. The molecule has 0 aliphatic heterocycles. The Kier molecular flexibility index (Phi) is 11.9. The van der Waals surface area contributed by atoms with Gasteiger partial charge in [-0.2, -0.15) is 0 Å². The van der Waals surface area contributed by atoms with Gasteiger partial charge in [0.2, 0.25) is 23.6 Å². The summed E-state index contributed by atoms with van der Waals surface area (Å²) in [6.07, 6.45) is -1.27. The van der Waals surface area contributed by atoms with E-state index in [9.17, 15) is 33.9 Å². The monoisotopic (exact) mass is 459 g/mol. The zero-order valence-electron chi connectivity index (χ0n) is 18.6. The fourth-order valence-corrected chi connectivity index (χ4v) is 2.67. The molecule has 32 heavy (non-hydrogen) atoms. The molecule has 0 saturated heterocycles. The fourth-order valence-electron chi connectivity index (χ4n) is 2.67. The molecule has 182 valence electrons. The summed E-state index contributed by atoms with van der Waals surface area (Å²) in [6.45, 7) is 6.44. The number of carbonyl (C=O) groups is 6. The van der Waals surface area contributed by atoms with Crippen LogP contribution >= 0.6 is 0 Å². The van der Waals surface area contributed by atoms with Gasteiger partial charge in [-0.05, 0) is 18.3 Å². The minimum absolute atomic E-state index is 0.313. The van der Waals surface area contributed by atoms with E-state index in [0.717, 1.165) is 0 Å². The molecular weight excluding hydrogens is 426 g/mol. The highest BCUT2D eigenvalue weighted by molar-refractivity contribution is 5.95. The van der Waals surface area contributed by atoms with Gasteiger partial charge in [-0.25, -0.2) is 4.79 Å². The molecule has 13 heteroatoms. The van der Waals surface area contributed by atoms with Crippen LogP contribution in [-0.2, 0) is 28.8 Å². The third-order valence-corrected chi connectivity index (χ3v) is 4.52. The number of primary amides is 1. The largest absolute Gasteiger partial charge is 0.481 e. The topological polar surface area (TPSA) is 231 Å². The minimum atomic E-state index is -1.37. The molecule has 0 aliphatic carbocycles. The molecule has 0 rings (SSSR count). The normalized spacial score (nSPS) is 14.7. The lowest BCUT2D eigenvalue weighted by molar-refractivity contribution is -0.143. The second kappa shape index (κ2) is 13.2. The standard InChI is InChI=1S/C19H33N5O8/c1-8(2)14(18(30)24-15(9(3)4)19(31)32)23-17(29)11(5-6-13(26)27)22-16(28)10(20)7-12(21)25/h8-11,14-15H,5-7,20H2,1-4H3,(H2,21,25)(H,22,28)(H,23,29)(H,24,30)(H,26,27)(H,31,32). The number of amides is 4. The quantitative estimate of drug-likeness (QED) is 0.151. The second-order valence-electron chi connectivity index (χ2n) is 8.07. The third kappa shape index (κ3) is 10.2. The maximum atomic E-state index is 12.8. The number of nitrogens with one attached hydrogen (secondary N) is 3. The van der Waals surface area contributed by atoms with Gasteiger partial charge in [0.25, 0.3) is 0 Å². The fraction of sp³-hybridized carbons (Fsp3) is 0.684. The van der Waals surface area contributed by atoms with Gasteiger partial charge < -0.3 is 37.6 Å². The minimum Gasteiger partial charge on any atom is -0.481 e. The van der Waals surface area contributed by atoms with E-state index in [2.05, 4.69) is 16.0 Å². The number of aliphatic carboxylic acids is 2. The Morgan fingerprint density at radius 3 is 1.69 bits per heavy atom.